The molecule has 1 aromatic heterocycles. The Hall–Kier alpha value is -3.55. The summed E-state index contributed by atoms with van der Waals surface area (Å²) in [7, 11) is 0. The minimum Gasteiger partial charge on any atom is -0.504 e. The maximum absolute atomic E-state index is 13.9. The predicted octanol–water partition coefficient (Wildman–Crippen LogP) is 2.81. The summed E-state index contributed by atoms with van der Waals surface area (Å²) in [6.07, 6.45) is 1.97. The van der Waals surface area contributed by atoms with Gasteiger partial charge in [0.15, 0.2) is 22.9 Å². The zero-order valence-electron chi connectivity index (χ0n) is 14.9. The third-order valence-electron chi connectivity index (χ3n) is 4.30. The molecule has 0 saturated carbocycles. The number of amides is 1. The van der Waals surface area contributed by atoms with Gasteiger partial charge in [-0.1, -0.05) is 24.3 Å². The van der Waals surface area contributed by atoms with Crippen LogP contribution in [0.5, 0.6) is 17.2 Å². The maximum atomic E-state index is 13.9. The standard InChI is InChI=1S/C20H18FN3O4/c21-14-6-1-2-7-15(14)24-12-16(25)18(23-24)20(26)22-11-13-5-3-8-17-19(13)28-10-4-9-27-17/h1-3,5-8,12,25H,4,9-11H2,(H,22,26). The fraction of sp³-hybridized carbons (Fsp3) is 0.200. The van der Waals surface area contributed by atoms with Crippen LogP contribution in [0.25, 0.3) is 5.69 Å². The van der Waals surface area contributed by atoms with Crippen LogP contribution in [-0.4, -0.2) is 34.0 Å². The number of fused-ring (bicyclic) bond motifs is 1. The average Bonchev–Trinajstić information content (AvgIpc) is 2.92. The number of carbonyl (C=O) groups excluding carboxylic acids is 1. The number of ether oxygens (including phenoxy) is 2. The molecule has 0 fully saturated rings. The zero-order chi connectivity index (χ0) is 19.5. The van der Waals surface area contributed by atoms with Crippen molar-refractivity contribution in [3.8, 4) is 22.9 Å². The van der Waals surface area contributed by atoms with E-state index in [1.54, 1.807) is 12.1 Å². The number of halogens is 1. The highest BCUT2D eigenvalue weighted by molar-refractivity contribution is 5.94. The highest BCUT2D eigenvalue weighted by Gasteiger charge is 2.20. The molecule has 144 valence electrons. The highest BCUT2D eigenvalue weighted by atomic mass is 19.1. The van der Waals surface area contributed by atoms with Gasteiger partial charge in [-0.15, -0.1) is 0 Å². The lowest BCUT2D eigenvalue weighted by Gasteiger charge is -2.12. The van der Waals surface area contributed by atoms with Crippen LogP contribution in [-0.2, 0) is 6.54 Å². The van der Waals surface area contributed by atoms with Gasteiger partial charge >= 0.3 is 0 Å². The zero-order valence-corrected chi connectivity index (χ0v) is 14.9. The van der Waals surface area contributed by atoms with E-state index in [-0.39, 0.29) is 23.7 Å². The fourth-order valence-electron chi connectivity index (χ4n) is 2.94. The molecule has 8 heteroatoms. The van der Waals surface area contributed by atoms with Gasteiger partial charge in [-0.25, -0.2) is 9.07 Å². The van der Waals surface area contributed by atoms with Gasteiger partial charge in [0, 0.05) is 18.5 Å². The van der Waals surface area contributed by atoms with Gasteiger partial charge in [-0.2, -0.15) is 5.10 Å². The van der Waals surface area contributed by atoms with Gasteiger partial charge in [-0.05, 0) is 18.2 Å². The van der Waals surface area contributed by atoms with Crippen molar-refractivity contribution in [2.24, 2.45) is 0 Å². The number of rotatable bonds is 4. The third-order valence-corrected chi connectivity index (χ3v) is 4.30. The van der Waals surface area contributed by atoms with Crippen molar-refractivity contribution in [1.29, 1.82) is 0 Å². The lowest BCUT2D eigenvalue weighted by Crippen LogP contribution is -2.24. The van der Waals surface area contributed by atoms with Gasteiger partial charge < -0.3 is 19.9 Å². The third kappa shape index (κ3) is 3.48. The Morgan fingerprint density at radius 3 is 2.86 bits per heavy atom. The van der Waals surface area contributed by atoms with Crippen LogP contribution in [0.3, 0.4) is 0 Å². The lowest BCUT2D eigenvalue weighted by atomic mass is 10.2. The van der Waals surface area contributed by atoms with Crippen molar-refractivity contribution in [2.75, 3.05) is 13.2 Å². The molecule has 7 nitrogen and oxygen atoms in total. The van der Waals surface area contributed by atoms with E-state index in [1.165, 1.54) is 18.3 Å². The van der Waals surface area contributed by atoms with E-state index in [1.807, 2.05) is 18.2 Å². The van der Waals surface area contributed by atoms with Crippen molar-refractivity contribution in [3.05, 3.63) is 65.7 Å². The molecule has 4 rings (SSSR count). The van der Waals surface area contributed by atoms with Crippen LogP contribution in [0.2, 0.25) is 0 Å². The summed E-state index contributed by atoms with van der Waals surface area (Å²) in [5, 5.41) is 16.8. The number of hydrogen-bond acceptors (Lipinski definition) is 5. The first-order valence-corrected chi connectivity index (χ1v) is 8.82. The summed E-state index contributed by atoms with van der Waals surface area (Å²) < 4.78 is 26.4. The highest BCUT2D eigenvalue weighted by Crippen LogP contribution is 2.33. The topological polar surface area (TPSA) is 85.6 Å². The molecule has 2 N–H and O–H groups in total. The number of nitrogens with zero attached hydrogens (tertiary/aromatic N) is 2. The molecule has 1 amide bonds. The second kappa shape index (κ2) is 7.59. The normalized spacial score (nSPS) is 13.0. The Balaban J connectivity index is 1.52. The predicted molar refractivity (Wildman–Crippen MR) is 98.4 cm³/mol. The number of benzene rings is 2. The molecule has 0 atom stereocenters. The molecule has 28 heavy (non-hydrogen) atoms. The molecule has 0 bridgehead atoms. The second-order valence-corrected chi connectivity index (χ2v) is 6.24. The molecule has 0 spiro atoms. The van der Waals surface area contributed by atoms with Gasteiger partial charge in [0.25, 0.3) is 5.91 Å². The van der Waals surface area contributed by atoms with Crippen molar-refractivity contribution in [2.45, 2.75) is 13.0 Å². The molecule has 1 aliphatic rings. The van der Waals surface area contributed by atoms with Gasteiger partial charge in [0.05, 0.1) is 19.4 Å². The van der Waals surface area contributed by atoms with E-state index in [9.17, 15) is 14.3 Å². The quantitative estimate of drug-likeness (QED) is 0.724. The molecule has 0 saturated heterocycles. The molecule has 0 aliphatic carbocycles. The van der Waals surface area contributed by atoms with E-state index >= 15 is 0 Å². The van der Waals surface area contributed by atoms with Crippen LogP contribution in [0, 0.1) is 5.82 Å². The van der Waals surface area contributed by atoms with Crippen LogP contribution in [0.15, 0.2) is 48.7 Å². The molecule has 2 heterocycles. The van der Waals surface area contributed by atoms with Gasteiger partial charge in [0.2, 0.25) is 0 Å². The molecule has 0 radical (unpaired) electrons. The molecular formula is C20H18FN3O4. The molecule has 2 aromatic carbocycles. The van der Waals surface area contributed by atoms with Crippen molar-refractivity contribution >= 4 is 5.91 Å². The minimum atomic E-state index is -0.584. The number of nitrogens with one attached hydrogen (secondary N) is 1. The smallest absolute Gasteiger partial charge is 0.275 e. The van der Waals surface area contributed by atoms with Crippen LogP contribution < -0.4 is 14.8 Å². The number of aromatic hydroxyl groups is 1. The van der Waals surface area contributed by atoms with E-state index in [4.69, 9.17) is 9.47 Å². The van der Waals surface area contributed by atoms with E-state index in [0.717, 1.165) is 16.7 Å². The number of hydrogen-bond donors (Lipinski definition) is 2. The van der Waals surface area contributed by atoms with Crippen molar-refractivity contribution in [1.82, 2.24) is 15.1 Å². The maximum Gasteiger partial charge on any atom is 0.275 e. The Bertz CT molecular complexity index is 1020. The largest absolute Gasteiger partial charge is 0.504 e. The molecule has 0 unspecified atom stereocenters. The van der Waals surface area contributed by atoms with Crippen LogP contribution >= 0.6 is 0 Å². The van der Waals surface area contributed by atoms with Crippen molar-refractivity contribution < 1.29 is 23.8 Å². The summed E-state index contributed by atoms with van der Waals surface area (Å²) in [6, 6.07) is 11.4. The monoisotopic (exact) mass is 383 g/mol. The first kappa shape index (κ1) is 17.8. The minimum absolute atomic E-state index is 0.135. The lowest BCUT2D eigenvalue weighted by molar-refractivity contribution is 0.0942. The van der Waals surface area contributed by atoms with Crippen molar-refractivity contribution in [3.63, 3.8) is 0 Å². The first-order valence-electron chi connectivity index (χ1n) is 8.82. The van der Waals surface area contributed by atoms with Gasteiger partial charge in [0.1, 0.15) is 11.5 Å². The Morgan fingerprint density at radius 2 is 2.00 bits per heavy atom. The average molecular weight is 383 g/mol. The molecule has 1 aliphatic heterocycles. The van der Waals surface area contributed by atoms with Crippen LogP contribution in [0.1, 0.15) is 22.5 Å². The number of carbonyl (C=O) groups is 1. The summed E-state index contributed by atoms with van der Waals surface area (Å²) in [5.41, 5.74) is 0.694. The molecular weight excluding hydrogens is 365 g/mol. The van der Waals surface area contributed by atoms with Gasteiger partial charge in [-0.3, -0.25) is 4.79 Å². The Morgan fingerprint density at radius 1 is 1.18 bits per heavy atom. The Labute approximate surface area is 160 Å². The Kier molecular flexibility index (Phi) is 4.84. The van der Waals surface area contributed by atoms with E-state index < -0.39 is 11.7 Å². The van der Waals surface area contributed by atoms with E-state index in [2.05, 4.69) is 10.4 Å². The number of aromatic nitrogens is 2. The van der Waals surface area contributed by atoms with Crippen LogP contribution in [0.4, 0.5) is 4.39 Å². The second-order valence-electron chi connectivity index (χ2n) is 6.24. The SMILES string of the molecule is O=C(NCc1cccc2c1OCCCO2)c1nn(-c2ccccc2F)cc1O. The first-order chi connectivity index (χ1) is 13.6. The summed E-state index contributed by atoms with van der Waals surface area (Å²) in [6.45, 7) is 1.27. The number of para-hydroxylation sites is 2. The summed E-state index contributed by atoms with van der Waals surface area (Å²) in [4.78, 5) is 12.5. The molecule has 3 aromatic rings. The summed E-state index contributed by atoms with van der Waals surface area (Å²) in [5.74, 6) is -0.203. The van der Waals surface area contributed by atoms with E-state index in [0.29, 0.717) is 24.7 Å². The fourth-order valence-corrected chi connectivity index (χ4v) is 2.94. The summed E-state index contributed by atoms with van der Waals surface area (Å²) >= 11 is 0.